The van der Waals surface area contributed by atoms with E-state index in [0.717, 1.165) is 5.56 Å². The lowest BCUT2D eigenvalue weighted by atomic mass is 9.94. The number of carbonyl (C=O) groups is 1. The van der Waals surface area contributed by atoms with Crippen LogP contribution in [0.5, 0.6) is 0 Å². The van der Waals surface area contributed by atoms with Crippen LogP contribution in [0.4, 0.5) is 0 Å². The molecule has 0 fully saturated rings. The van der Waals surface area contributed by atoms with Gasteiger partial charge in [0.05, 0.1) is 22.7 Å². The minimum absolute atomic E-state index is 0.0461. The Bertz CT molecular complexity index is 1320. The quantitative estimate of drug-likeness (QED) is 0.470. The van der Waals surface area contributed by atoms with E-state index < -0.39 is 11.5 Å². The van der Waals surface area contributed by atoms with Crippen LogP contribution >= 0.6 is 0 Å². The molecule has 4 rings (SSSR count). The third-order valence-corrected chi connectivity index (χ3v) is 5.11. The zero-order valence-electron chi connectivity index (χ0n) is 17.3. The molecule has 4 aromatic rings. The van der Waals surface area contributed by atoms with Crippen molar-refractivity contribution in [1.82, 2.24) is 10.2 Å². The Morgan fingerprint density at radius 1 is 1.06 bits per heavy atom. The van der Waals surface area contributed by atoms with Crippen LogP contribution in [0.3, 0.4) is 0 Å². The van der Waals surface area contributed by atoms with E-state index in [4.69, 9.17) is 10.2 Å². The van der Waals surface area contributed by atoms with Crippen LogP contribution in [0.2, 0.25) is 0 Å². The molecule has 1 atom stereocenters. The van der Waals surface area contributed by atoms with Crippen molar-refractivity contribution in [2.45, 2.75) is 18.9 Å². The van der Waals surface area contributed by atoms with Gasteiger partial charge in [-0.25, -0.2) is 4.79 Å². The summed E-state index contributed by atoms with van der Waals surface area (Å²) in [5.74, 6) is -0.699. The molecule has 0 aliphatic rings. The summed E-state index contributed by atoms with van der Waals surface area (Å²) >= 11 is 0. The average Bonchev–Trinajstić information content (AvgIpc) is 3.31. The smallest absolute Gasteiger partial charge is 0.335 e. The van der Waals surface area contributed by atoms with Crippen LogP contribution in [0, 0.1) is 11.3 Å². The van der Waals surface area contributed by atoms with Gasteiger partial charge in [-0.15, -0.1) is 10.2 Å². The molecule has 3 N–H and O–H groups in total. The number of aromatic nitrogens is 2. The summed E-state index contributed by atoms with van der Waals surface area (Å²) < 4.78 is 5.88. The van der Waals surface area contributed by atoms with Crippen LogP contribution in [0.1, 0.15) is 34.3 Å². The molecule has 7 nitrogen and oxygen atoms in total. The van der Waals surface area contributed by atoms with Gasteiger partial charge >= 0.3 is 5.97 Å². The maximum Gasteiger partial charge on any atom is 0.335 e. The number of carboxylic acids is 1. The Labute approximate surface area is 184 Å². The molecule has 1 aromatic heterocycles. The fraction of sp³-hybridized carbons (Fsp3) is 0.120. The predicted molar refractivity (Wildman–Crippen MR) is 119 cm³/mol. The molecule has 7 heteroatoms. The van der Waals surface area contributed by atoms with Gasteiger partial charge in [0.15, 0.2) is 0 Å². The van der Waals surface area contributed by atoms with Gasteiger partial charge in [-0.05, 0) is 54.3 Å². The molecule has 0 amide bonds. The fourth-order valence-electron chi connectivity index (χ4n) is 3.53. The molecule has 32 heavy (non-hydrogen) atoms. The van der Waals surface area contributed by atoms with Crippen LogP contribution < -0.4 is 5.73 Å². The van der Waals surface area contributed by atoms with Gasteiger partial charge in [0.1, 0.15) is 0 Å². The van der Waals surface area contributed by atoms with Gasteiger partial charge < -0.3 is 15.3 Å². The zero-order valence-corrected chi connectivity index (χ0v) is 17.3. The second-order valence-corrected chi connectivity index (χ2v) is 7.75. The van der Waals surface area contributed by atoms with Crippen LogP contribution in [-0.2, 0) is 12.0 Å². The van der Waals surface area contributed by atoms with E-state index in [1.165, 1.54) is 12.1 Å². The van der Waals surface area contributed by atoms with Gasteiger partial charge in [-0.3, -0.25) is 0 Å². The summed E-state index contributed by atoms with van der Waals surface area (Å²) in [4.78, 5) is 11.7. The first-order chi connectivity index (χ1) is 15.4. The lowest BCUT2D eigenvalue weighted by Crippen LogP contribution is -2.35. The summed E-state index contributed by atoms with van der Waals surface area (Å²) in [5, 5.41) is 27.3. The molecule has 0 saturated heterocycles. The monoisotopic (exact) mass is 424 g/mol. The lowest BCUT2D eigenvalue weighted by Gasteiger charge is -2.20. The number of hydrogen-bond acceptors (Lipinski definition) is 6. The second kappa shape index (κ2) is 8.46. The Morgan fingerprint density at radius 3 is 2.47 bits per heavy atom. The van der Waals surface area contributed by atoms with E-state index in [1.54, 1.807) is 37.3 Å². The zero-order chi connectivity index (χ0) is 22.7. The highest BCUT2D eigenvalue weighted by molar-refractivity contribution is 5.92. The molecule has 0 saturated carbocycles. The molecule has 0 radical (unpaired) electrons. The van der Waals surface area contributed by atoms with E-state index in [0.29, 0.717) is 28.7 Å². The van der Waals surface area contributed by atoms with Crippen LogP contribution in [0.15, 0.2) is 77.2 Å². The summed E-state index contributed by atoms with van der Waals surface area (Å²) in [6, 6.07) is 23.6. The number of nitrogens with two attached hydrogens (primary N) is 1. The molecule has 0 unspecified atom stereocenters. The summed E-state index contributed by atoms with van der Waals surface area (Å²) in [6.45, 7) is 1.81. The van der Waals surface area contributed by atoms with Crippen molar-refractivity contribution in [1.29, 1.82) is 5.26 Å². The van der Waals surface area contributed by atoms with E-state index in [9.17, 15) is 15.2 Å². The highest BCUT2D eigenvalue weighted by atomic mass is 16.4. The molecule has 3 aromatic carbocycles. The summed E-state index contributed by atoms with van der Waals surface area (Å²) in [6.07, 6.45) is 0.492. The van der Waals surface area contributed by atoms with Gasteiger partial charge in [0.25, 0.3) is 0 Å². The van der Waals surface area contributed by atoms with Gasteiger partial charge in [-0.1, -0.05) is 48.5 Å². The van der Waals surface area contributed by atoms with Crippen molar-refractivity contribution in [3.63, 3.8) is 0 Å². The number of hydrogen-bond donors (Lipinski definition) is 2. The van der Waals surface area contributed by atoms with E-state index >= 15 is 0 Å². The Kier molecular flexibility index (Phi) is 5.54. The molecular weight excluding hydrogens is 404 g/mol. The number of carboxylic acid groups (broad SMARTS) is 1. The Balaban J connectivity index is 1.74. The first kappa shape index (κ1) is 21.0. The first-order valence-electron chi connectivity index (χ1n) is 9.92. The van der Waals surface area contributed by atoms with Crippen molar-refractivity contribution in [2.24, 2.45) is 5.73 Å². The maximum absolute atomic E-state index is 11.7. The number of nitriles is 1. The molecule has 0 aliphatic carbocycles. The maximum atomic E-state index is 11.7. The molecule has 0 spiro atoms. The lowest BCUT2D eigenvalue weighted by molar-refractivity contribution is 0.0697. The van der Waals surface area contributed by atoms with E-state index in [1.807, 2.05) is 30.3 Å². The standard InChI is InChI=1S/C25H20N4O3/c1-25(27,14-16-7-3-2-4-8-16)24-29-28-22(32-24)19-11-18(12-20(13-19)23(30)31)21-10-6-5-9-17(21)15-26/h2-13H,14,27H2,1H3,(H,30,31)/t25-/m1/s1. The fourth-order valence-corrected chi connectivity index (χ4v) is 3.53. The average molecular weight is 424 g/mol. The highest BCUT2D eigenvalue weighted by Gasteiger charge is 2.29. The number of aromatic carboxylic acids is 1. The van der Waals surface area contributed by atoms with Crippen molar-refractivity contribution < 1.29 is 14.3 Å². The number of nitrogens with zero attached hydrogens (tertiary/aromatic N) is 3. The second-order valence-electron chi connectivity index (χ2n) is 7.75. The van der Waals surface area contributed by atoms with Gasteiger partial charge in [0.2, 0.25) is 11.8 Å². The Morgan fingerprint density at radius 2 is 1.75 bits per heavy atom. The molecular formula is C25H20N4O3. The van der Waals surface area contributed by atoms with Gasteiger partial charge in [-0.2, -0.15) is 5.26 Å². The highest BCUT2D eigenvalue weighted by Crippen LogP contribution is 2.31. The first-order valence-corrected chi connectivity index (χ1v) is 9.92. The number of rotatable bonds is 6. The van der Waals surface area contributed by atoms with Gasteiger partial charge in [0, 0.05) is 5.56 Å². The topological polar surface area (TPSA) is 126 Å². The SMILES string of the molecule is C[C@@](N)(Cc1ccccc1)c1nnc(-c2cc(C(=O)O)cc(-c3ccccc3C#N)c2)o1. The largest absolute Gasteiger partial charge is 0.478 e. The predicted octanol–water partition coefficient (Wildman–Crippen LogP) is 4.39. The van der Waals surface area contributed by atoms with Crippen molar-refractivity contribution in [3.8, 4) is 28.7 Å². The minimum atomic E-state index is -1.10. The van der Waals surface area contributed by atoms with Crippen LogP contribution in [-0.4, -0.2) is 21.3 Å². The molecule has 158 valence electrons. The third kappa shape index (κ3) is 4.26. The van der Waals surface area contributed by atoms with Crippen molar-refractivity contribution in [3.05, 3.63) is 95.4 Å². The van der Waals surface area contributed by atoms with Crippen molar-refractivity contribution >= 4 is 5.97 Å². The Hall–Kier alpha value is -4.28. The molecule has 0 aliphatic heterocycles. The summed E-state index contributed by atoms with van der Waals surface area (Å²) in [5.41, 5.74) is 8.69. The van der Waals surface area contributed by atoms with Crippen molar-refractivity contribution in [2.75, 3.05) is 0 Å². The minimum Gasteiger partial charge on any atom is -0.478 e. The van der Waals surface area contributed by atoms with Crippen LogP contribution in [0.25, 0.3) is 22.6 Å². The molecule has 1 heterocycles. The number of benzene rings is 3. The normalized spacial score (nSPS) is 12.7. The third-order valence-electron chi connectivity index (χ3n) is 5.11. The molecule has 0 bridgehead atoms. The van der Waals surface area contributed by atoms with E-state index in [-0.39, 0.29) is 17.3 Å². The summed E-state index contributed by atoms with van der Waals surface area (Å²) in [7, 11) is 0. The van der Waals surface area contributed by atoms with E-state index in [2.05, 4.69) is 16.3 Å².